The summed E-state index contributed by atoms with van der Waals surface area (Å²) < 4.78 is 6.31. The number of hydrogen-bond donors (Lipinski definition) is 1. The number of fused-ring (bicyclic) bond motifs is 1. The first-order chi connectivity index (χ1) is 11.8. The predicted octanol–water partition coefficient (Wildman–Crippen LogP) is 2.74. The van der Waals surface area contributed by atoms with Gasteiger partial charge in [0.15, 0.2) is 5.82 Å². The van der Waals surface area contributed by atoms with Crippen LogP contribution in [0.5, 0.6) is 0 Å². The Morgan fingerprint density at radius 1 is 1.33 bits per heavy atom. The predicted molar refractivity (Wildman–Crippen MR) is 93.8 cm³/mol. The number of aromatic nitrogens is 3. The van der Waals surface area contributed by atoms with E-state index in [-0.39, 0.29) is 0 Å². The fourth-order valence-corrected chi connectivity index (χ4v) is 4.12. The van der Waals surface area contributed by atoms with Gasteiger partial charge in [-0.05, 0) is 31.5 Å². The average molecular weight is 343 g/mol. The standard InChI is InChI=1S/C17H21N5OS/c1-12-19-16(21-23-12)11-22-8-4-5-13(10-22)18-9-17-20-14-6-2-3-7-15(14)24-17/h2-3,6-7,13,18H,4-5,8-11H2,1H3/t13-/m0/s1. The van der Waals surface area contributed by atoms with Crippen LogP contribution < -0.4 is 5.32 Å². The summed E-state index contributed by atoms with van der Waals surface area (Å²) >= 11 is 1.77. The molecule has 7 heteroatoms. The normalized spacial score (nSPS) is 19.1. The van der Waals surface area contributed by atoms with E-state index in [1.54, 1.807) is 11.3 Å². The van der Waals surface area contributed by atoms with E-state index < -0.39 is 0 Å². The third-order valence-electron chi connectivity index (χ3n) is 4.32. The maximum atomic E-state index is 5.06. The summed E-state index contributed by atoms with van der Waals surface area (Å²) in [6.45, 7) is 5.52. The van der Waals surface area contributed by atoms with Crippen molar-refractivity contribution in [3.63, 3.8) is 0 Å². The van der Waals surface area contributed by atoms with Crippen LogP contribution in [0.15, 0.2) is 28.8 Å². The number of hydrogen-bond acceptors (Lipinski definition) is 7. The summed E-state index contributed by atoms with van der Waals surface area (Å²) in [5.41, 5.74) is 1.09. The van der Waals surface area contributed by atoms with Crippen molar-refractivity contribution in [2.24, 2.45) is 0 Å². The van der Waals surface area contributed by atoms with E-state index >= 15 is 0 Å². The van der Waals surface area contributed by atoms with Crippen molar-refractivity contribution in [3.05, 3.63) is 41.0 Å². The minimum Gasteiger partial charge on any atom is -0.340 e. The molecule has 1 aliphatic rings. The van der Waals surface area contributed by atoms with Gasteiger partial charge in [-0.25, -0.2) is 4.98 Å². The van der Waals surface area contributed by atoms with Crippen molar-refractivity contribution >= 4 is 21.6 Å². The quantitative estimate of drug-likeness (QED) is 0.768. The second-order valence-electron chi connectivity index (χ2n) is 6.26. The molecule has 0 amide bonds. The van der Waals surface area contributed by atoms with Crippen LogP contribution in [-0.2, 0) is 13.1 Å². The number of thiazole rings is 1. The Morgan fingerprint density at radius 2 is 2.25 bits per heavy atom. The van der Waals surface area contributed by atoms with Gasteiger partial charge in [0, 0.05) is 26.1 Å². The molecule has 126 valence electrons. The Balaban J connectivity index is 1.32. The second-order valence-corrected chi connectivity index (χ2v) is 7.38. The summed E-state index contributed by atoms with van der Waals surface area (Å²) in [5.74, 6) is 1.41. The van der Waals surface area contributed by atoms with Crippen molar-refractivity contribution in [2.75, 3.05) is 13.1 Å². The molecular weight excluding hydrogens is 322 g/mol. The molecule has 1 atom stereocenters. The van der Waals surface area contributed by atoms with Crippen molar-refractivity contribution in [1.29, 1.82) is 0 Å². The Labute approximate surface area is 144 Å². The van der Waals surface area contributed by atoms with Crippen LogP contribution in [-0.4, -0.2) is 39.2 Å². The van der Waals surface area contributed by atoms with Crippen LogP contribution >= 0.6 is 11.3 Å². The largest absolute Gasteiger partial charge is 0.340 e. The summed E-state index contributed by atoms with van der Waals surface area (Å²) in [6.07, 6.45) is 2.39. The molecule has 0 aliphatic carbocycles. The lowest BCUT2D eigenvalue weighted by molar-refractivity contribution is 0.177. The Morgan fingerprint density at radius 3 is 3.08 bits per heavy atom. The molecule has 1 aromatic carbocycles. The molecule has 6 nitrogen and oxygen atoms in total. The van der Waals surface area contributed by atoms with Crippen molar-refractivity contribution in [1.82, 2.24) is 25.3 Å². The fraction of sp³-hybridized carbons (Fsp3) is 0.471. The van der Waals surface area contributed by atoms with Gasteiger partial charge in [0.1, 0.15) is 5.01 Å². The van der Waals surface area contributed by atoms with Crippen LogP contribution in [0.4, 0.5) is 0 Å². The topological polar surface area (TPSA) is 67.1 Å². The fourth-order valence-electron chi connectivity index (χ4n) is 3.20. The average Bonchev–Trinajstić information content (AvgIpc) is 3.19. The van der Waals surface area contributed by atoms with Crippen LogP contribution in [0.1, 0.15) is 29.6 Å². The highest BCUT2D eigenvalue weighted by Crippen LogP contribution is 2.22. The number of para-hydroxylation sites is 1. The first-order valence-corrected chi connectivity index (χ1v) is 9.17. The number of aryl methyl sites for hydroxylation is 1. The molecule has 3 heterocycles. The zero-order valence-electron chi connectivity index (χ0n) is 13.7. The molecule has 24 heavy (non-hydrogen) atoms. The maximum absolute atomic E-state index is 5.06. The SMILES string of the molecule is Cc1nc(CN2CCC[C@H](NCc3nc4ccccc4s3)C2)no1. The Hall–Kier alpha value is -1.83. The lowest BCUT2D eigenvalue weighted by Crippen LogP contribution is -2.45. The van der Waals surface area contributed by atoms with E-state index in [1.807, 2.05) is 13.0 Å². The molecular formula is C17H21N5OS. The smallest absolute Gasteiger partial charge is 0.223 e. The van der Waals surface area contributed by atoms with E-state index in [4.69, 9.17) is 9.51 Å². The molecule has 1 fully saturated rings. The summed E-state index contributed by atoms with van der Waals surface area (Å²) in [4.78, 5) is 11.4. The van der Waals surface area contributed by atoms with Gasteiger partial charge < -0.3 is 9.84 Å². The minimum atomic E-state index is 0.485. The first kappa shape index (κ1) is 15.7. The second kappa shape index (κ2) is 6.96. The summed E-state index contributed by atoms with van der Waals surface area (Å²) in [6, 6.07) is 8.80. The van der Waals surface area contributed by atoms with Gasteiger partial charge in [0.25, 0.3) is 0 Å². The van der Waals surface area contributed by atoms with Gasteiger partial charge in [-0.1, -0.05) is 17.3 Å². The third kappa shape index (κ3) is 3.63. The molecule has 0 spiro atoms. The molecule has 1 N–H and O–H groups in total. The van der Waals surface area contributed by atoms with Crippen LogP contribution in [0.25, 0.3) is 10.2 Å². The number of likely N-dealkylation sites (tertiary alicyclic amines) is 1. The van der Waals surface area contributed by atoms with Crippen LogP contribution in [0.2, 0.25) is 0 Å². The lowest BCUT2D eigenvalue weighted by atomic mass is 10.1. The highest BCUT2D eigenvalue weighted by atomic mass is 32.1. The summed E-state index contributed by atoms with van der Waals surface area (Å²) in [7, 11) is 0. The molecule has 0 bridgehead atoms. The zero-order valence-corrected chi connectivity index (χ0v) is 14.6. The van der Waals surface area contributed by atoms with Crippen molar-refractivity contribution in [2.45, 2.75) is 38.9 Å². The first-order valence-electron chi connectivity index (χ1n) is 8.35. The molecule has 0 saturated carbocycles. The molecule has 0 unspecified atom stereocenters. The number of piperidine rings is 1. The lowest BCUT2D eigenvalue weighted by Gasteiger charge is -2.32. The monoisotopic (exact) mass is 343 g/mol. The van der Waals surface area contributed by atoms with Gasteiger partial charge in [0.05, 0.1) is 16.8 Å². The highest BCUT2D eigenvalue weighted by molar-refractivity contribution is 7.18. The Bertz CT molecular complexity index is 781. The molecule has 2 aromatic heterocycles. The van der Waals surface area contributed by atoms with E-state index in [2.05, 4.69) is 38.6 Å². The Kier molecular flexibility index (Phi) is 4.55. The minimum absolute atomic E-state index is 0.485. The van der Waals surface area contributed by atoms with Crippen LogP contribution in [0.3, 0.4) is 0 Å². The maximum Gasteiger partial charge on any atom is 0.223 e. The van der Waals surface area contributed by atoms with Crippen molar-refractivity contribution in [3.8, 4) is 0 Å². The number of nitrogens with zero attached hydrogens (tertiary/aromatic N) is 4. The van der Waals surface area contributed by atoms with Crippen LogP contribution in [0, 0.1) is 6.92 Å². The molecule has 0 radical (unpaired) electrons. The van der Waals surface area contributed by atoms with Gasteiger partial charge >= 0.3 is 0 Å². The molecule has 3 aromatic rings. The van der Waals surface area contributed by atoms with E-state index in [0.29, 0.717) is 11.9 Å². The highest BCUT2D eigenvalue weighted by Gasteiger charge is 2.21. The van der Waals surface area contributed by atoms with E-state index in [9.17, 15) is 0 Å². The third-order valence-corrected chi connectivity index (χ3v) is 5.36. The molecule has 4 rings (SSSR count). The summed E-state index contributed by atoms with van der Waals surface area (Å²) in [5, 5.41) is 8.81. The van der Waals surface area contributed by atoms with Gasteiger partial charge in [-0.3, -0.25) is 4.90 Å². The number of nitrogens with one attached hydrogen (secondary N) is 1. The van der Waals surface area contributed by atoms with Gasteiger partial charge in [0.2, 0.25) is 5.89 Å². The molecule has 1 saturated heterocycles. The van der Waals surface area contributed by atoms with Crippen molar-refractivity contribution < 1.29 is 4.52 Å². The van der Waals surface area contributed by atoms with Gasteiger partial charge in [-0.15, -0.1) is 11.3 Å². The van der Waals surface area contributed by atoms with Gasteiger partial charge in [-0.2, -0.15) is 4.98 Å². The number of rotatable bonds is 5. The molecule has 1 aliphatic heterocycles. The van der Waals surface area contributed by atoms with E-state index in [1.165, 1.54) is 17.5 Å². The van der Waals surface area contributed by atoms with E-state index in [0.717, 1.165) is 42.5 Å². The number of benzene rings is 1. The zero-order chi connectivity index (χ0) is 16.4.